The standard InChI is InChI=1S/C23H29N3O4S/c1-19(20-8-4-2-5-9-20)18-24-22(27)12-13-23(28)25-14-16-26(17-15-25)31(29,30)21-10-6-3-7-11-21/h2-11,19H,12-18H2,1H3,(H,24,27). The van der Waals surface area contributed by atoms with Crippen molar-refractivity contribution in [2.45, 2.75) is 30.6 Å². The van der Waals surface area contributed by atoms with Gasteiger partial charge in [0.1, 0.15) is 0 Å². The lowest BCUT2D eigenvalue weighted by Crippen LogP contribution is -2.50. The van der Waals surface area contributed by atoms with E-state index in [0.29, 0.717) is 19.6 Å². The highest BCUT2D eigenvalue weighted by Gasteiger charge is 2.29. The van der Waals surface area contributed by atoms with Gasteiger partial charge in [-0.25, -0.2) is 8.42 Å². The van der Waals surface area contributed by atoms with Crippen molar-refractivity contribution in [3.63, 3.8) is 0 Å². The van der Waals surface area contributed by atoms with Gasteiger partial charge < -0.3 is 10.2 Å². The molecule has 0 bridgehead atoms. The Morgan fingerprint density at radius 3 is 2.10 bits per heavy atom. The van der Waals surface area contributed by atoms with E-state index in [-0.39, 0.29) is 48.6 Å². The first-order chi connectivity index (χ1) is 14.9. The van der Waals surface area contributed by atoms with Crippen molar-refractivity contribution in [1.82, 2.24) is 14.5 Å². The van der Waals surface area contributed by atoms with Crippen molar-refractivity contribution < 1.29 is 18.0 Å². The van der Waals surface area contributed by atoms with Crippen LogP contribution in [0.25, 0.3) is 0 Å². The van der Waals surface area contributed by atoms with E-state index in [0.717, 1.165) is 5.56 Å². The molecule has 166 valence electrons. The summed E-state index contributed by atoms with van der Waals surface area (Å²) >= 11 is 0. The molecule has 0 radical (unpaired) electrons. The van der Waals surface area contributed by atoms with Crippen LogP contribution in [0.4, 0.5) is 0 Å². The molecule has 1 fully saturated rings. The maximum atomic E-state index is 12.7. The summed E-state index contributed by atoms with van der Waals surface area (Å²) in [5.41, 5.74) is 1.15. The molecule has 0 aliphatic carbocycles. The molecule has 1 heterocycles. The Morgan fingerprint density at radius 1 is 0.903 bits per heavy atom. The fourth-order valence-corrected chi connectivity index (χ4v) is 5.00. The Kier molecular flexibility index (Phi) is 7.81. The van der Waals surface area contributed by atoms with Gasteiger partial charge in [0.25, 0.3) is 0 Å². The summed E-state index contributed by atoms with van der Waals surface area (Å²) in [7, 11) is -3.54. The van der Waals surface area contributed by atoms with E-state index < -0.39 is 10.0 Å². The van der Waals surface area contributed by atoms with Gasteiger partial charge in [0.2, 0.25) is 21.8 Å². The van der Waals surface area contributed by atoms with Gasteiger partial charge in [0, 0.05) is 45.6 Å². The van der Waals surface area contributed by atoms with Crippen molar-refractivity contribution >= 4 is 21.8 Å². The summed E-state index contributed by atoms with van der Waals surface area (Å²) in [6.07, 6.45) is 0.250. The first-order valence-corrected chi connectivity index (χ1v) is 12.0. The molecule has 0 aromatic heterocycles. The Labute approximate surface area is 184 Å². The Bertz CT molecular complexity index is 972. The maximum Gasteiger partial charge on any atom is 0.243 e. The molecule has 0 spiro atoms. The van der Waals surface area contributed by atoms with E-state index in [1.807, 2.05) is 37.3 Å². The molecule has 2 amide bonds. The lowest BCUT2D eigenvalue weighted by molar-refractivity contribution is -0.134. The van der Waals surface area contributed by atoms with Crippen molar-refractivity contribution in [3.8, 4) is 0 Å². The summed E-state index contributed by atoms with van der Waals surface area (Å²) in [4.78, 5) is 26.5. The zero-order chi connectivity index (χ0) is 22.3. The quantitative estimate of drug-likeness (QED) is 0.678. The number of rotatable bonds is 8. The first-order valence-electron chi connectivity index (χ1n) is 10.5. The minimum atomic E-state index is -3.54. The molecule has 31 heavy (non-hydrogen) atoms. The highest BCUT2D eigenvalue weighted by atomic mass is 32.2. The number of nitrogens with zero attached hydrogens (tertiary/aromatic N) is 2. The number of amides is 2. The number of sulfonamides is 1. The number of nitrogens with one attached hydrogen (secondary N) is 1. The topological polar surface area (TPSA) is 86.8 Å². The fraction of sp³-hybridized carbons (Fsp3) is 0.391. The molecular formula is C23H29N3O4S. The maximum absolute atomic E-state index is 12.7. The fourth-order valence-electron chi connectivity index (χ4n) is 3.55. The first kappa shape index (κ1) is 23.0. The van der Waals surface area contributed by atoms with Crippen LogP contribution in [0.3, 0.4) is 0 Å². The van der Waals surface area contributed by atoms with Crippen LogP contribution in [0, 0.1) is 0 Å². The van der Waals surface area contributed by atoms with Crippen LogP contribution in [0.5, 0.6) is 0 Å². The van der Waals surface area contributed by atoms with Crippen molar-refractivity contribution in [1.29, 1.82) is 0 Å². The highest BCUT2D eigenvalue weighted by Crippen LogP contribution is 2.18. The van der Waals surface area contributed by atoms with E-state index in [9.17, 15) is 18.0 Å². The van der Waals surface area contributed by atoms with Gasteiger partial charge >= 0.3 is 0 Å². The number of carbonyl (C=O) groups is 2. The molecule has 1 unspecified atom stereocenters. The van der Waals surface area contributed by atoms with E-state index >= 15 is 0 Å². The van der Waals surface area contributed by atoms with Gasteiger partial charge in [-0.1, -0.05) is 55.5 Å². The second-order valence-corrected chi connectivity index (χ2v) is 9.65. The molecule has 1 aliphatic rings. The summed E-state index contributed by atoms with van der Waals surface area (Å²) < 4.78 is 26.8. The lowest BCUT2D eigenvalue weighted by Gasteiger charge is -2.34. The van der Waals surface area contributed by atoms with E-state index in [1.54, 1.807) is 35.2 Å². The number of benzene rings is 2. The van der Waals surface area contributed by atoms with Crippen LogP contribution in [-0.4, -0.2) is 62.2 Å². The third-order valence-electron chi connectivity index (χ3n) is 5.51. The minimum absolute atomic E-state index is 0.122. The molecule has 1 atom stereocenters. The zero-order valence-corrected chi connectivity index (χ0v) is 18.6. The van der Waals surface area contributed by atoms with Crippen molar-refractivity contribution in [2.24, 2.45) is 0 Å². The number of hydrogen-bond acceptors (Lipinski definition) is 4. The smallest absolute Gasteiger partial charge is 0.243 e. The summed E-state index contributed by atoms with van der Waals surface area (Å²) in [6.45, 7) is 3.74. The van der Waals surface area contributed by atoms with E-state index in [1.165, 1.54) is 4.31 Å². The Hall–Kier alpha value is -2.71. The molecule has 1 N–H and O–H groups in total. The van der Waals surface area contributed by atoms with Gasteiger partial charge in [-0.3, -0.25) is 9.59 Å². The summed E-state index contributed by atoms with van der Waals surface area (Å²) in [5.74, 6) is -0.0788. The van der Waals surface area contributed by atoms with Crippen LogP contribution >= 0.6 is 0 Å². The van der Waals surface area contributed by atoms with Crippen LogP contribution in [-0.2, 0) is 19.6 Å². The molecule has 1 saturated heterocycles. The zero-order valence-electron chi connectivity index (χ0n) is 17.7. The average Bonchev–Trinajstić information content (AvgIpc) is 2.82. The Morgan fingerprint density at radius 2 is 1.48 bits per heavy atom. The van der Waals surface area contributed by atoms with Crippen molar-refractivity contribution in [3.05, 3.63) is 66.2 Å². The van der Waals surface area contributed by atoms with E-state index in [2.05, 4.69) is 5.32 Å². The van der Waals surface area contributed by atoms with Gasteiger partial charge in [0.05, 0.1) is 4.90 Å². The predicted octanol–water partition coefficient (Wildman–Crippen LogP) is 2.22. The molecule has 2 aromatic rings. The molecule has 8 heteroatoms. The van der Waals surface area contributed by atoms with Gasteiger partial charge in [-0.15, -0.1) is 0 Å². The van der Waals surface area contributed by atoms with Gasteiger partial charge in [-0.2, -0.15) is 4.31 Å². The third kappa shape index (κ3) is 6.15. The average molecular weight is 444 g/mol. The third-order valence-corrected chi connectivity index (χ3v) is 7.43. The molecule has 2 aromatic carbocycles. The normalized spacial score (nSPS) is 16.0. The number of carbonyl (C=O) groups excluding carboxylic acids is 2. The molecule has 3 rings (SSSR count). The van der Waals surface area contributed by atoms with Gasteiger partial charge in [-0.05, 0) is 23.6 Å². The molecule has 1 aliphatic heterocycles. The van der Waals surface area contributed by atoms with Crippen LogP contribution < -0.4 is 5.32 Å². The van der Waals surface area contributed by atoms with Crippen molar-refractivity contribution in [2.75, 3.05) is 32.7 Å². The molecule has 7 nitrogen and oxygen atoms in total. The van der Waals surface area contributed by atoms with Crippen LogP contribution in [0.15, 0.2) is 65.6 Å². The Balaban J connectivity index is 1.40. The summed E-state index contributed by atoms with van der Waals surface area (Å²) in [6, 6.07) is 18.3. The minimum Gasteiger partial charge on any atom is -0.355 e. The largest absolute Gasteiger partial charge is 0.355 e. The predicted molar refractivity (Wildman–Crippen MR) is 119 cm³/mol. The lowest BCUT2D eigenvalue weighted by atomic mass is 10.0. The van der Waals surface area contributed by atoms with Gasteiger partial charge in [0.15, 0.2) is 0 Å². The second-order valence-electron chi connectivity index (χ2n) is 7.71. The second kappa shape index (κ2) is 10.5. The monoisotopic (exact) mass is 443 g/mol. The van der Waals surface area contributed by atoms with Crippen LogP contribution in [0.2, 0.25) is 0 Å². The molecule has 0 saturated carbocycles. The summed E-state index contributed by atoms with van der Waals surface area (Å²) in [5, 5.41) is 2.89. The van der Waals surface area contributed by atoms with E-state index in [4.69, 9.17) is 0 Å². The SMILES string of the molecule is CC(CNC(=O)CCC(=O)N1CCN(S(=O)(=O)c2ccccc2)CC1)c1ccccc1. The van der Waals surface area contributed by atoms with Crippen LogP contribution in [0.1, 0.15) is 31.2 Å². The number of hydrogen-bond donors (Lipinski definition) is 1. The number of piperazine rings is 1. The highest BCUT2D eigenvalue weighted by molar-refractivity contribution is 7.89. The molecular weight excluding hydrogens is 414 g/mol.